The molecule has 55 heavy (non-hydrogen) atoms. The monoisotopic (exact) mass is 742 g/mol. The van der Waals surface area contributed by atoms with Gasteiger partial charge in [0.1, 0.15) is 5.52 Å². The first-order valence-electron chi connectivity index (χ1n) is 19.5. The van der Waals surface area contributed by atoms with Gasteiger partial charge in [0.2, 0.25) is 0 Å². The highest BCUT2D eigenvalue weighted by molar-refractivity contribution is 6.03. The number of aliphatic carboxylic acids is 1. The molecule has 5 heterocycles. The number of likely N-dealkylation sites (tertiary alicyclic amines) is 1. The maximum absolute atomic E-state index is 13.8. The van der Waals surface area contributed by atoms with Gasteiger partial charge in [-0.1, -0.05) is 24.3 Å². The van der Waals surface area contributed by atoms with Gasteiger partial charge in [0, 0.05) is 87.6 Å². The van der Waals surface area contributed by atoms with E-state index in [0.717, 1.165) is 126 Å². The summed E-state index contributed by atoms with van der Waals surface area (Å²) in [5, 5.41) is 27.0. The minimum absolute atomic E-state index is 0.204. The Bertz CT molecular complexity index is 2240. The number of aromatic nitrogens is 4. The standard InChI is InChI=1S/C43H50N8O4/c1-26-33(6-4-8-35(26)46-40-39-31(14-17-44-40)20-29(21-45-39)23-50-18-15-32(52)24-50)34-7-5-9-36(27(34)2)48-42(53)41-47-37-25-51(19-16-38(37)49(41)3)22-28-10-12-30(13-11-28)43(54)55/h4-9,14,17,20-21,28,30,32,52H,10-13,15-16,18-19,22-25H2,1-3H3,(H,44,46)(H,48,53)(H,54,55). The summed E-state index contributed by atoms with van der Waals surface area (Å²) in [6.45, 7) is 9.00. The topological polar surface area (TPSA) is 149 Å². The number of aliphatic hydroxyl groups excluding tert-OH is 1. The number of carbonyl (C=O) groups is 2. The van der Waals surface area contributed by atoms with Crippen molar-refractivity contribution in [1.82, 2.24) is 29.3 Å². The van der Waals surface area contributed by atoms with Crippen LogP contribution < -0.4 is 10.6 Å². The zero-order valence-electron chi connectivity index (χ0n) is 31.9. The third-order valence-electron chi connectivity index (χ3n) is 12.0. The van der Waals surface area contributed by atoms with Crippen LogP contribution in [0.25, 0.3) is 22.0 Å². The predicted octanol–water partition coefficient (Wildman–Crippen LogP) is 6.46. The second-order valence-electron chi connectivity index (χ2n) is 15.7. The zero-order valence-corrected chi connectivity index (χ0v) is 31.9. The molecule has 2 aliphatic heterocycles. The van der Waals surface area contributed by atoms with E-state index in [9.17, 15) is 19.8 Å². The number of benzene rings is 2. The second kappa shape index (κ2) is 15.5. The number of carboxylic acid groups (broad SMARTS) is 1. The van der Waals surface area contributed by atoms with Crippen molar-refractivity contribution in [3.05, 3.63) is 94.8 Å². The number of hydrogen-bond acceptors (Lipinski definition) is 9. The summed E-state index contributed by atoms with van der Waals surface area (Å²) in [4.78, 5) is 44.2. The van der Waals surface area contributed by atoms with E-state index in [1.165, 1.54) is 0 Å². The quantitative estimate of drug-likeness (QED) is 0.126. The van der Waals surface area contributed by atoms with Crippen molar-refractivity contribution in [2.75, 3.05) is 36.8 Å². The third kappa shape index (κ3) is 7.71. The van der Waals surface area contributed by atoms with Crippen LogP contribution in [0.3, 0.4) is 0 Å². The molecule has 2 aromatic carbocycles. The van der Waals surface area contributed by atoms with Gasteiger partial charge in [-0.25, -0.2) is 9.97 Å². The molecule has 1 atom stereocenters. The molecule has 1 amide bonds. The summed E-state index contributed by atoms with van der Waals surface area (Å²) in [5.41, 5.74) is 9.68. The number of fused-ring (bicyclic) bond motifs is 2. The molecule has 286 valence electrons. The molecule has 0 bridgehead atoms. The van der Waals surface area contributed by atoms with Crippen molar-refractivity contribution in [1.29, 1.82) is 0 Å². The molecule has 4 N–H and O–H groups in total. The molecule has 3 aliphatic rings. The first-order chi connectivity index (χ1) is 26.6. The van der Waals surface area contributed by atoms with E-state index in [0.29, 0.717) is 30.6 Å². The molecule has 1 saturated heterocycles. The van der Waals surface area contributed by atoms with Gasteiger partial charge in [-0.15, -0.1) is 0 Å². The molecule has 0 spiro atoms. The fraction of sp³-hybridized carbons (Fsp3) is 0.419. The van der Waals surface area contributed by atoms with E-state index in [1.54, 1.807) is 6.20 Å². The second-order valence-corrected chi connectivity index (χ2v) is 15.7. The van der Waals surface area contributed by atoms with Gasteiger partial charge in [-0.05, 0) is 104 Å². The predicted molar refractivity (Wildman–Crippen MR) is 213 cm³/mol. The minimum atomic E-state index is -0.668. The Morgan fingerprint density at radius 1 is 0.909 bits per heavy atom. The molecule has 1 saturated carbocycles. The number of hydrogen-bond donors (Lipinski definition) is 4. The average molecular weight is 743 g/mol. The lowest BCUT2D eigenvalue weighted by Crippen LogP contribution is -2.36. The highest BCUT2D eigenvalue weighted by Crippen LogP contribution is 2.36. The maximum Gasteiger partial charge on any atom is 0.306 e. The molecule has 3 aromatic heterocycles. The number of imidazole rings is 1. The molecule has 1 aliphatic carbocycles. The molecule has 0 radical (unpaired) electrons. The Kier molecular flexibility index (Phi) is 10.4. The van der Waals surface area contributed by atoms with Gasteiger partial charge in [0.15, 0.2) is 11.6 Å². The summed E-state index contributed by atoms with van der Waals surface area (Å²) < 4.78 is 1.94. The number of anilines is 3. The van der Waals surface area contributed by atoms with Gasteiger partial charge >= 0.3 is 5.97 Å². The van der Waals surface area contributed by atoms with Crippen LogP contribution in [0, 0.1) is 25.7 Å². The molecule has 2 fully saturated rings. The van der Waals surface area contributed by atoms with Crippen molar-refractivity contribution in [2.24, 2.45) is 18.9 Å². The fourth-order valence-corrected chi connectivity index (χ4v) is 8.83. The fourth-order valence-electron chi connectivity index (χ4n) is 8.83. The summed E-state index contributed by atoms with van der Waals surface area (Å²) >= 11 is 0. The molecular weight excluding hydrogens is 693 g/mol. The number of rotatable bonds is 10. The number of carboxylic acids is 1. The van der Waals surface area contributed by atoms with Gasteiger partial charge in [-0.3, -0.25) is 24.4 Å². The summed E-state index contributed by atoms with van der Waals surface area (Å²) in [5.74, 6) is 0.477. The van der Waals surface area contributed by atoms with Crippen LogP contribution in [-0.2, 0) is 31.4 Å². The van der Waals surface area contributed by atoms with Crippen molar-refractivity contribution < 1.29 is 19.8 Å². The van der Waals surface area contributed by atoms with Gasteiger partial charge < -0.3 is 25.4 Å². The van der Waals surface area contributed by atoms with Crippen LogP contribution in [0.5, 0.6) is 0 Å². The normalized spacial score (nSPS) is 20.4. The Morgan fingerprint density at radius 3 is 2.38 bits per heavy atom. The number of carbonyl (C=O) groups excluding carboxylic acids is 1. The minimum Gasteiger partial charge on any atom is -0.481 e. The van der Waals surface area contributed by atoms with E-state index < -0.39 is 5.97 Å². The molecular formula is C43H50N8O4. The van der Waals surface area contributed by atoms with Crippen molar-refractivity contribution in [3.8, 4) is 11.1 Å². The lowest BCUT2D eigenvalue weighted by Gasteiger charge is -2.33. The van der Waals surface area contributed by atoms with Crippen molar-refractivity contribution in [3.63, 3.8) is 0 Å². The highest BCUT2D eigenvalue weighted by atomic mass is 16.4. The van der Waals surface area contributed by atoms with Gasteiger partial charge in [0.25, 0.3) is 5.91 Å². The highest BCUT2D eigenvalue weighted by Gasteiger charge is 2.30. The summed E-state index contributed by atoms with van der Waals surface area (Å²) in [6, 6.07) is 16.3. The Labute approximate surface area is 321 Å². The van der Waals surface area contributed by atoms with Crippen molar-refractivity contribution >= 4 is 40.0 Å². The number of nitrogens with zero attached hydrogens (tertiary/aromatic N) is 6. The van der Waals surface area contributed by atoms with Crippen LogP contribution in [-0.4, -0.2) is 83.7 Å². The van der Waals surface area contributed by atoms with Crippen LogP contribution >= 0.6 is 0 Å². The third-order valence-corrected chi connectivity index (χ3v) is 12.0. The van der Waals surface area contributed by atoms with E-state index in [4.69, 9.17) is 9.97 Å². The Balaban J connectivity index is 0.959. The maximum atomic E-state index is 13.8. The number of amides is 1. The summed E-state index contributed by atoms with van der Waals surface area (Å²) in [6.07, 6.45) is 8.49. The van der Waals surface area contributed by atoms with Gasteiger partial charge in [-0.2, -0.15) is 0 Å². The lowest BCUT2D eigenvalue weighted by atomic mass is 9.81. The van der Waals surface area contributed by atoms with E-state index in [2.05, 4.69) is 50.5 Å². The average Bonchev–Trinajstić information content (AvgIpc) is 3.74. The largest absolute Gasteiger partial charge is 0.481 e. The van der Waals surface area contributed by atoms with E-state index in [1.807, 2.05) is 55.1 Å². The number of nitrogens with one attached hydrogen (secondary N) is 2. The van der Waals surface area contributed by atoms with Crippen LogP contribution in [0.15, 0.2) is 60.9 Å². The first kappa shape index (κ1) is 36.8. The SMILES string of the molecule is Cc1c(NC(=O)c2nc3c(n2C)CCN(CC2CCC(C(=O)O)CC2)C3)cccc1-c1cccc(Nc2nccc3cc(CN4CCC(O)C4)cnc23)c1C. The molecule has 1 unspecified atom stereocenters. The van der Waals surface area contributed by atoms with Gasteiger partial charge in [0.05, 0.1) is 17.7 Å². The number of aliphatic hydroxyl groups is 1. The van der Waals surface area contributed by atoms with Crippen molar-refractivity contribution in [2.45, 2.75) is 71.6 Å². The number of β-amino-alcohol motifs (C(OH)–C–C–N with tert-alkyl or cyclic N) is 1. The lowest BCUT2D eigenvalue weighted by molar-refractivity contribution is -0.143. The Morgan fingerprint density at radius 2 is 1.65 bits per heavy atom. The molecule has 5 aromatic rings. The summed E-state index contributed by atoms with van der Waals surface area (Å²) in [7, 11) is 1.93. The molecule has 8 rings (SSSR count). The number of pyridine rings is 2. The van der Waals surface area contributed by atoms with Crippen LogP contribution in [0.2, 0.25) is 0 Å². The molecule has 12 nitrogen and oxygen atoms in total. The Hall–Kier alpha value is -5.17. The van der Waals surface area contributed by atoms with Crippen LogP contribution in [0.1, 0.15) is 70.8 Å². The van der Waals surface area contributed by atoms with E-state index in [-0.39, 0.29) is 17.9 Å². The zero-order chi connectivity index (χ0) is 38.2. The first-order valence-corrected chi connectivity index (χ1v) is 19.5. The molecule has 12 heteroatoms. The van der Waals surface area contributed by atoms with E-state index >= 15 is 0 Å². The smallest absolute Gasteiger partial charge is 0.306 e. The van der Waals surface area contributed by atoms with Crippen LogP contribution in [0.4, 0.5) is 17.2 Å².